The highest BCUT2D eigenvalue weighted by Crippen LogP contribution is 2.10. The third-order valence-electron chi connectivity index (χ3n) is 1.22. The van der Waals surface area contributed by atoms with Gasteiger partial charge < -0.3 is 4.74 Å². The molecular weight excluding hydrogens is 152 g/mol. The van der Waals surface area contributed by atoms with Gasteiger partial charge in [0.1, 0.15) is 5.76 Å². The molecule has 1 aliphatic carbocycles. The summed E-state index contributed by atoms with van der Waals surface area (Å²) < 4.78 is 4.83. The van der Waals surface area contributed by atoms with E-state index in [1.54, 1.807) is 0 Å². The second kappa shape index (κ2) is 6.65. The van der Waals surface area contributed by atoms with E-state index in [4.69, 9.17) is 4.74 Å². The zero-order valence-electron chi connectivity index (χ0n) is 7.96. The quantitative estimate of drug-likeness (QED) is 0.563. The third-order valence-corrected chi connectivity index (χ3v) is 1.22. The summed E-state index contributed by atoms with van der Waals surface area (Å²) in [7, 11) is 0. The lowest BCUT2D eigenvalue weighted by atomic mass is 10.2. The second-order valence-corrected chi connectivity index (χ2v) is 2.18. The Bertz CT molecular complexity index is 190. The minimum Gasteiger partial charge on any atom is -0.427 e. The molecular formula is C10H16O2. The van der Waals surface area contributed by atoms with E-state index in [-0.39, 0.29) is 5.97 Å². The van der Waals surface area contributed by atoms with Crippen LogP contribution in [0.5, 0.6) is 0 Å². The number of allylic oxidation sites excluding steroid dienone is 3. The Morgan fingerprint density at radius 1 is 1.42 bits per heavy atom. The van der Waals surface area contributed by atoms with Gasteiger partial charge in [0.2, 0.25) is 0 Å². The fourth-order valence-electron chi connectivity index (χ4n) is 0.831. The maximum absolute atomic E-state index is 10.4. The molecule has 0 aromatic rings. The van der Waals surface area contributed by atoms with Gasteiger partial charge in [0.05, 0.1) is 0 Å². The number of carbonyl (C=O) groups is 1. The van der Waals surface area contributed by atoms with Crippen molar-refractivity contribution in [1.29, 1.82) is 0 Å². The molecule has 0 amide bonds. The van der Waals surface area contributed by atoms with Crippen LogP contribution in [-0.4, -0.2) is 5.97 Å². The lowest BCUT2D eigenvalue weighted by molar-refractivity contribution is -0.136. The number of hydrogen-bond donors (Lipinski definition) is 0. The fourth-order valence-corrected chi connectivity index (χ4v) is 0.831. The van der Waals surface area contributed by atoms with E-state index in [1.165, 1.54) is 6.92 Å². The van der Waals surface area contributed by atoms with Crippen molar-refractivity contribution in [3.63, 3.8) is 0 Å². The topological polar surface area (TPSA) is 26.3 Å². The molecule has 0 radical (unpaired) electrons. The molecule has 0 bridgehead atoms. The first kappa shape index (κ1) is 11.0. The zero-order chi connectivity index (χ0) is 9.40. The van der Waals surface area contributed by atoms with E-state index >= 15 is 0 Å². The second-order valence-electron chi connectivity index (χ2n) is 2.18. The van der Waals surface area contributed by atoms with Crippen LogP contribution in [0.15, 0.2) is 24.0 Å². The van der Waals surface area contributed by atoms with Crippen LogP contribution in [0.1, 0.15) is 33.6 Å². The van der Waals surface area contributed by atoms with Crippen LogP contribution in [0, 0.1) is 0 Å². The molecule has 0 spiro atoms. The molecule has 0 N–H and O–H groups in total. The van der Waals surface area contributed by atoms with Gasteiger partial charge in [-0.3, -0.25) is 4.79 Å². The lowest BCUT2D eigenvalue weighted by Gasteiger charge is -2.04. The van der Waals surface area contributed by atoms with E-state index in [0.717, 1.165) is 12.8 Å². The van der Waals surface area contributed by atoms with Crippen molar-refractivity contribution < 1.29 is 9.53 Å². The van der Waals surface area contributed by atoms with Crippen molar-refractivity contribution in [1.82, 2.24) is 0 Å². The van der Waals surface area contributed by atoms with Crippen LogP contribution in [0.3, 0.4) is 0 Å². The Morgan fingerprint density at radius 3 is 2.50 bits per heavy atom. The molecule has 1 aliphatic rings. The molecule has 0 unspecified atom stereocenters. The van der Waals surface area contributed by atoms with Gasteiger partial charge >= 0.3 is 5.97 Å². The fraction of sp³-hybridized carbons (Fsp3) is 0.500. The summed E-state index contributed by atoms with van der Waals surface area (Å²) in [5.41, 5.74) is 0. The van der Waals surface area contributed by atoms with Gasteiger partial charge in [-0.2, -0.15) is 0 Å². The van der Waals surface area contributed by atoms with Crippen molar-refractivity contribution in [2.24, 2.45) is 0 Å². The van der Waals surface area contributed by atoms with Crippen molar-refractivity contribution in [3.8, 4) is 0 Å². The van der Waals surface area contributed by atoms with Crippen LogP contribution >= 0.6 is 0 Å². The highest BCUT2D eigenvalue weighted by Gasteiger charge is 1.99. The van der Waals surface area contributed by atoms with Gasteiger partial charge in [-0.05, 0) is 25.0 Å². The number of ether oxygens (including phenoxy) is 1. The van der Waals surface area contributed by atoms with Crippen molar-refractivity contribution in [2.45, 2.75) is 33.6 Å². The maximum atomic E-state index is 10.4. The Labute approximate surface area is 73.9 Å². The van der Waals surface area contributed by atoms with Crippen LogP contribution in [-0.2, 0) is 9.53 Å². The van der Waals surface area contributed by atoms with Gasteiger partial charge in [0.25, 0.3) is 0 Å². The monoisotopic (exact) mass is 168 g/mol. The molecule has 2 heteroatoms. The van der Waals surface area contributed by atoms with Gasteiger partial charge in [-0.1, -0.05) is 19.9 Å². The summed E-state index contributed by atoms with van der Waals surface area (Å²) in [5, 5.41) is 0. The Balaban J connectivity index is 0.000000561. The first-order valence-corrected chi connectivity index (χ1v) is 4.34. The zero-order valence-corrected chi connectivity index (χ0v) is 7.96. The van der Waals surface area contributed by atoms with E-state index in [0.29, 0.717) is 5.76 Å². The molecule has 0 saturated carbocycles. The number of rotatable bonds is 1. The van der Waals surface area contributed by atoms with Gasteiger partial charge in [0.15, 0.2) is 0 Å². The van der Waals surface area contributed by atoms with Crippen molar-refractivity contribution in [2.75, 3.05) is 0 Å². The minimum atomic E-state index is -0.252. The van der Waals surface area contributed by atoms with Crippen molar-refractivity contribution >= 4 is 5.97 Å². The molecule has 0 heterocycles. The van der Waals surface area contributed by atoms with Crippen LogP contribution in [0.25, 0.3) is 0 Å². The molecule has 12 heavy (non-hydrogen) atoms. The molecule has 0 aromatic heterocycles. The predicted octanol–water partition coefficient (Wildman–Crippen LogP) is 2.81. The van der Waals surface area contributed by atoms with Crippen molar-refractivity contribution in [3.05, 3.63) is 24.0 Å². The lowest BCUT2D eigenvalue weighted by Crippen LogP contribution is -1.98. The Morgan fingerprint density at radius 2 is 2.08 bits per heavy atom. The van der Waals surface area contributed by atoms with Gasteiger partial charge in [-0.15, -0.1) is 0 Å². The SMILES string of the molecule is CC.CC(=O)OC1=CCCC=C1. The Hall–Kier alpha value is -1.05. The minimum absolute atomic E-state index is 0.252. The van der Waals surface area contributed by atoms with Gasteiger partial charge in [0, 0.05) is 6.92 Å². The average molecular weight is 168 g/mol. The normalized spacial score (nSPS) is 14.1. The molecule has 0 atom stereocenters. The summed E-state index contributed by atoms with van der Waals surface area (Å²) in [4.78, 5) is 10.4. The molecule has 0 saturated heterocycles. The summed E-state index contributed by atoms with van der Waals surface area (Å²) in [6, 6.07) is 0. The molecule has 0 fully saturated rings. The number of esters is 1. The van der Waals surface area contributed by atoms with E-state index in [9.17, 15) is 4.79 Å². The summed E-state index contributed by atoms with van der Waals surface area (Å²) >= 11 is 0. The van der Waals surface area contributed by atoms with Crippen LogP contribution in [0.4, 0.5) is 0 Å². The summed E-state index contributed by atoms with van der Waals surface area (Å²) in [6.07, 6.45) is 7.76. The maximum Gasteiger partial charge on any atom is 0.308 e. The predicted molar refractivity (Wildman–Crippen MR) is 49.6 cm³/mol. The summed E-state index contributed by atoms with van der Waals surface area (Å²) in [5.74, 6) is 0.427. The van der Waals surface area contributed by atoms with Crippen LogP contribution < -0.4 is 0 Å². The van der Waals surface area contributed by atoms with E-state index < -0.39 is 0 Å². The standard InChI is InChI=1S/C8H10O2.C2H6/c1-7(9)10-8-5-3-2-4-6-8;1-2/h3,5-6H,2,4H2,1H3;1-2H3. The first-order chi connectivity index (χ1) is 5.79. The molecule has 1 rings (SSSR count). The summed E-state index contributed by atoms with van der Waals surface area (Å²) in [6.45, 7) is 5.41. The van der Waals surface area contributed by atoms with Gasteiger partial charge in [-0.25, -0.2) is 0 Å². The third kappa shape index (κ3) is 4.72. The highest BCUT2D eigenvalue weighted by atomic mass is 16.5. The smallest absolute Gasteiger partial charge is 0.308 e. The van der Waals surface area contributed by atoms with E-state index in [2.05, 4.69) is 0 Å². The number of carbonyl (C=O) groups excluding carboxylic acids is 1. The largest absolute Gasteiger partial charge is 0.427 e. The number of hydrogen-bond acceptors (Lipinski definition) is 2. The molecule has 68 valence electrons. The van der Waals surface area contributed by atoms with E-state index in [1.807, 2.05) is 32.1 Å². The average Bonchev–Trinajstić information content (AvgIpc) is 2.08. The Kier molecular flexibility index (Phi) is 6.07. The molecule has 0 aromatic carbocycles. The van der Waals surface area contributed by atoms with Crippen LogP contribution in [0.2, 0.25) is 0 Å². The highest BCUT2D eigenvalue weighted by molar-refractivity contribution is 5.67. The first-order valence-electron chi connectivity index (χ1n) is 4.34. The molecule has 2 nitrogen and oxygen atoms in total. The molecule has 0 aliphatic heterocycles.